The van der Waals surface area contributed by atoms with Crippen molar-refractivity contribution >= 4 is 54.6 Å². The molecular weight excluding hydrogens is 591 g/mol. The van der Waals surface area contributed by atoms with Gasteiger partial charge in [-0.15, -0.1) is 0 Å². The average Bonchev–Trinajstić information content (AvgIpc) is 3.69. The van der Waals surface area contributed by atoms with Crippen LogP contribution in [0.25, 0.3) is 89.1 Å². The highest BCUT2D eigenvalue weighted by Crippen LogP contribution is 2.42. The van der Waals surface area contributed by atoms with Gasteiger partial charge in [-0.3, -0.25) is 14.5 Å². The number of benzene rings is 6. The number of nitrogens with zero attached hydrogens (tertiary/aromatic N) is 7. The van der Waals surface area contributed by atoms with Gasteiger partial charge in [-0.25, -0.2) is 4.98 Å². The van der Waals surface area contributed by atoms with Gasteiger partial charge in [0.1, 0.15) is 5.52 Å². The molecule has 0 aliphatic heterocycles. The summed E-state index contributed by atoms with van der Waals surface area (Å²) in [6.45, 7) is 0. The third-order valence-corrected chi connectivity index (χ3v) is 9.06. The van der Waals surface area contributed by atoms with E-state index >= 15 is 0 Å². The van der Waals surface area contributed by atoms with Crippen LogP contribution in [-0.4, -0.2) is 34.1 Å². The van der Waals surface area contributed by atoms with Crippen LogP contribution in [0.5, 0.6) is 0 Å². The largest absolute Gasteiger partial charge is 0.305 e. The van der Waals surface area contributed by atoms with E-state index < -0.39 is 0 Å². The van der Waals surface area contributed by atoms with Crippen LogP contribution in [0, 0.1) is 0 Å². The summed E-state index contributed by atoms with van der Waals surface area (Å²) in [5, 5.41) is 4.44. The third kappa shape index (κ3) is 3.91. The molecule has 7 nitrogen and oxygen atoms in total. The Morgan fingerprint density at radius 1 is 0.396 bits per heavy atom. The van der Waals surface area contributed by atoms with Crippen molar-refractivity contribution < 1.29 is 0 Å². The SMILES string of the molecule is c1ccc(-c2nc(-c3ccccc3)nc(-n3c4ccccc4c4ccc5c6ccc7nccnc7c6n(-c6ccccc6)c5c43)n2)cc1. The summed E-state index contributed by atoms with van der Waals surface area (Å²) < 4.78 is 4.54. The molecule has 0 spiro atoms. The summed E-state index contributed by atoms with van der Waals surface area (Å²) in [5.41, 5.74) is 8.66. The normalized spacial score (nSPS) is 11.8. The van der Waals surface area contributed by atoms with Crippen LogP contribution < -0.4 is 0 Å². The summed E-state index contributed by atoms with van der Waals surface area (Å²) >= 11 is 0. The van der Waals surface area contributed by atoms with Crippen molar-refractivity contribution in [2.24, 2.45) is 0 Å². The van der Waals surface area contributed by atoms with Crippen molar-refractivity contribution in [1.29, 1.82) is 0 Å². The summed E-state index contributed by atoms with van der Waals surface area (Å²) in [4.78, 5) is 24.9. The summed E-state index contributed by atoms with van der Waals surface area (Å²) in [7, 11) is 0. The maximum absolute atomic E-state index is 5.19. The molecule has 0 N–H and O–H groups in total. The molecule has 0 saturated carbocycles. The van der Waals surface area contributed by atoms with Gasteiger partial charge >= 0.3 is 0 Å². The van der Waals surface area contributed by atoms with Crippen LogP contribution in [0.2, 0.25) is 0 Å². The predicted molar refractivity (Wildman–Crippen MR) is 192 cm³/mol. The van der Waals surface area contributed by atoms with E-state index in [1.807, 2.05) is 66.7 Å². The van der Waals surface area contributed by atoms with E-state index in [1.165, 1.54) is 0 Å². The van der Waals surface area contributed by atoms with Crippen LogP contribution in [-0.2, 0) is 0 Å². The van der Waals surface area contributed by atoms with Crippen molar-refractivity contribution in [3.63, 3.8) is 0 Å². The van der Waals surface area contributed by atoms with E-state index in [1.54, 1.807) is 12.4 Å². The molecule has 4 heterocycles. The highest BCUT2D eigenvalue weighted by molar-refractivity contribution is 6.26. The van der Waals surface area contributed by atoms with Gasteiger partial charge in [0, 0.05) is 50.8 Å². The molecule has 10 rings (SSSR count). The molecule has 0 radical (unpaired) electrons. The topological polar surface area (TPSA) is 74.3 Å². The Hall–Kier alpha value is -6.73. The number of hydrogen-bond acceptors (Lipinski definition) is 5. The quantitative estimate of drug-likeness (QED) is 0.197. The fraction of sp³-hybridized carbons (Fsp3) is 0. The second-order valence-electron chi connectivity index (χ2n) is 11.8. The maximum atomic E-state index is 5.19. The zero-order valence-corrected chi connectivity index (χ0v) is 25.6. The Bertz CT molecular complexity index is 2760. The van der Waals surface area contributed by atoms with Gasteiger partial charge in [0.15, 0.2) is 11.6 Å². The molecule has 0 unspecified atom stereocenters. The lowest BCUT2D eigenvalue weighted by Crippen LogP contribution is -2.07. The van der Waals surface area contributed by atoms with Gasteiger partial charge in [-0.2, -0.15) is 9.97 Å². The monoisotopic (exact) mass is 615 g/mol. The van der Waals surface area contributed by atoms with Gasteiger partial charge in [-0.1, -0.05) is 109 Å². The van der Waals surface area contributed by atoms with Crippen LogP contribution in [0.3, 0.4) is 0 Å². The second-order valence-corrected chi connectivity index (χ2v) is 11.8. The Kier molecular flexibility index (Phi) is 5.74. The molecular formula is C41H25N7. The first-order chi connectivity index (χ1) is 23.8. The molecule has 0 fully saturated rings. The minimum atomic E-state index is 0.552. The minimum Gasteiger partial charge on any atom is -0.305 e. The Morgan fingerprint density at radius 2 is 0.938 bits per heavy atom. The number of fused-ring (bicyclic) bond motifs is 9. The van der Waals surface area contributed by atoms with Gasteiger partial charge in [0.25, 0.3) is 0 Å². The molecule has 6 aromatic carbocycles. The number of para-hydroxylation sites is 2. The lowest BCUT2D eigenvalue weighted by Gasteiger charge is -2.13. The fourth-order valence-electron chi connectivity index (χ4n) is 7.00. The molecule has 4 aromatic heterocycles. The van der Waals surface area contributed by atoms with Crippen LogP contribution in [0.1, 0.15) is 0 Å². The lowest BCUT2D eigenvalue weighted by molar-refractivity contribution is 0.953. The smallest absolute Gasteiger partial charge is 0.238 e. The Morgan fingerprint density at radius 3 is 1.65 bits per heavy atom. The van der Waals surface area contributed by atoms with E-state index in [2.05, 4.69) is 86.9 Å². The Balaban J connectivity index is 1.42. The highest BCUT2D eigenvalue weighted by Gasteiger charge is 2.24. The molecule has 0 saturated heterocycles. The fourth-order valence-corrected chi connectivity index (χ4v) is 7.00. The molecule has 0 aliphatic carbocycles. The molecule has 0 aliphatic rings. The van der Waals surface area contributed by atoms with Crippen molar-refractivity contribution in [2.75, 3.05) is 0 Å². The first kappa shape index (κ1) is 26.5. The number of aromatic nitrogens is 7. The Labute approximate surface area is 274 Å². The highest BCUT2D eigenvalue weighted by atomic mass is 15.2. The third-order valence-electron chi connectivity index (χ3n) is 9.06. The molecule has 48 heavy (non-hydrogen) atoms. The summed E-state index contributed by atoms with van der Waals surface area (Å²) in [6, 6.07) is 47.8. The predicted octanol–water partition coefficient (Wildman–Crippen LogP) is 9.34. The molecule has 10 aromatic rings. The van der Waals surface area contributed by atoms with E-state index in [9.17, 15) is 0 Å². The van der Waals surface area contributed by atoms with Gasteiger partial charge in [0.05, 0.1) is 27.6 Å². The van der Waals surface area contributed by atoms with Crippen molar-refractivity contribution in [1.82, 2.24) is 34.1 Å². The van der Waals surface area contributed by atoms with E-state index in [0.29, 0.717) is 17.6 Å². The zero-order valence-electron chi connectivity index (χ0n) is 25.6. The van der Waals surface area contributed by atoms with Gasteiger partial charge in [0.2, 0.25) is 5.95 Å². The van der Waals surface area contributed by atoms with Crippen molar-refractivity contribution in [2.45, 2.75) is 0 Å². The summed E-state index contributed by atoms with van der Waals surface area (Å²) in [6.07, 6.45) is 3.51. The zero-order chi connectivity index (χ0) is 31.6. The summed E-state index contributed by atoms with van der Waals surface area (Å²) in [5.74, 6) is 1.78. The van der Waals surface area contributed by atoms with Gasteiger partial charge in [-0.05, 0) is 30.3 Å². The van der Waals surface area contributed by atoms with Crippen molar-refractivity contribution in [3.05, 3.63) is 152 Å². The molecule has 0 bridgehead atoms. The van der Waals surface area contributed by atoms with Crippen LogP contribution in [0.4, 0.5) is 0 Å². The van der Waals surface area contributed by atoms with Crippen molar-refractivity contribution in [3.8, 4) is 34.4 Å². The van der Waals surface area contributed by atoms with E-state index in [-0.39, 0.29) is 0 Å². The number of rotatable bonds is 4. The van der Waals surface area contributed by atoms with E-state index in [4.69, 9.17) is 19.9 Å². The van der Waals surface area contributed by atoms with Crippen LogP contribution >= 0.6 is 0 Å². The molecule has 0 amide bonds. The first-order valence-corrected chi connectivity index (χ1v) is 15.9. The molecule has 224 valence electrons. The van der Waals surface area contributed by atoms with Crippen LogP contribution in [0.15, 0.2) is 152 Å². The van der Waals surface area contributed by atoms with Gasteiger partial charge < -0.3 is 4.57 Å². The second kappa shape index (κ2) is 10.4. The number of hydrogen-bond donors (Lipinski definition) is 0. The standard InChI is InChI=1S/C41H25N7/c1-4-12-26(13-5-1)39-44-40(27-14-6-2-7-15-27)46-41(45-39)48-34-19-11-10-18-29(34)30-20-21-32-31-22-23-33-35(43-25-24-42-33)36(31)47(37(32)38(30)48)28-16-8-3-9-17-28/h1-25H. The average molecular weight is 616 g/mol. The molecule has 7 heteroatoms. The first-order valence-electron chi connectivity index (χ1n) is 15.9. The lowest BCUT2D eigenvalue weighted by atomic mass is 10.1. The molecule has 0 atom stereocenters. The minimum absolute atomic E-state index is 0.552. The van der Waals surface area contributed by atoms with E-state index in [0.717, 1.165) is 71.5 Å². The maximum Gasteiger partial charge on any atom is 0.238 e.